The summed E-state index contributed by atoms with van der Waals surface area (Å²) in [6, 6.07) is 2.49. The summed E-state index contributed by atoms with van der Waals surface area (Å²) >= 11 is 1.72. The molecular formula is C21H27N7O3S. The van der Waals surface area contributed by atoms with Gasteiger partial charge in [0.2, 0.25) is 5.88 Å². The van der Waals surface area contributed by atoms with Crippen LogP contribution < -0.4 is 19.7 Å². The number of morpholine rings is 1. The number of thiophene rings is 1. The molecule has 32 heavy (non-hydrogen) atoms. The van der Waals surface area contributed by atoms with E-state index in [0.717, 1.165) is 61.8 Å². The first-order valence-corrected chi connectivity index (χ1v) is 11.6. The van der Waals surface area contributed by atoms with Gasteiger partial charge in [0.25, 0.3) is 0 Å². The zero-order chi connectivity index (χ0) is 21.9. The Morgan fingerprint density at radius 3 is 2.62 bits per heavy atom. The van der Waals surface area contributed by atoms with Crippen LogP contribution in [-0.4, -0.2) is 91.5 Å². The molecule has 2 aliphatic heterocycles. The number of rotatable bonds is 6. The van der Waals surface area contributed by atoms with Gasteiger partial charge in [0.1, 0.15) is 16.2 Å². The summed E-state index contributed by atoms with van der Waals surface area (Å²) < 4.78 is 16.2. The number of ether oxygens (including phenoxy) is 3. The zero-order valence-electron chi connectivity index (χ0n) is 18.3. The van der Waals surface area contributed by atoms with Gasteiger partial charge >= 0.3 is 6.01 Å². The second-order valence-electron chi connectivity index (χ2n) is 7.71. The van der Waals surface area contributed by atoms with Crippen LogP contribution in [0.2, 0.25) is 0 Å². The fraction of sp³-hybridized carbons (Fsp3) is 0.524. The van der Waals surface area contributed by atoms with Crippen molar-refractivity contribution in [1.82, 2.24) is 30.2 Å². The molecule has 0 saturated carbocycles. The highest BCUT2D eigenvalue weighted by atomic mass is 32.1. The number of piperazine rings is 1. The molecule has 1 N–H and O–H groups in total. The minimum absolute atomic E-state index is 0.245. The third-order valence-electron chi connectivity index (χ3n) is 5.67. The maximum absolute atomic E-state index is 5.57. The average Bonchev–Trinajstić information content (AvgIpc) is 3.26. The molecule has 0 radical (unpaired) electrons. The van der Waals surface area contributed by atoms with Crippen LogP contribution in [0, 0.1) is 0 Å². The molecule has 0 amide bonds. The molecule has 5 heterocycles. The third-order valence-corrected chi connectivity index (χ3v) is 6.69. The molecule has 0 spiro atoms. The summed E-state index contributed by atoms with van der Waals surface area (Å²) in [6.07, 6.45) is 1.66. The molecule has 0 bridgehead atoms. The van der Waals surface area contributed by atoms with Gasteiger partial charge in [-0.25, -0.2) is 15.0 Å². The third kappa shape index (κ3) is 4.33. The molecule has 11 heteroatoms. The molecule has 3 aromatic heterocycles. The smallest absolute Gasteiger partial charge is 0.319 e. The van der Waals surface area contributed by atoms with E-state index in [1.165, 1.54) is 12.0 Å². The standard InChI is InChI=1S/C21H27N7O3S/c1-29-19-16(12-23-21(26-19)30-2)17-24-18(28-7-9-31-10-8-28)15-11-14(32-20(15)25-17)13-27-5-3-22-4-6-27/h11-12,22H,3-10,13H2,1-2H3. The van der Waals surface area contributed by atoms with Crippen molar-refractivity contribution >= 4 is 27.4 Å². The van der Waals surface area contributed by atoms with Crippen molar-refractivity contribution in [3.8, 4) is 23.3 Å². The average molecular weight is 458 g/mol. The van der Waals surface area contributed by atoms with Gasteiger partial charge < -0.3 is 24.4 Å². The number of hydrogen-bond donors (Lipinski definition) is 1. The van der Waals surface area contributed by atoms with Crippen LogP contribution in [0.1, 0.15) is 4.88 Å². The summed E-state index contributed by atoms with van der Waals surface area (Å²) in [5, 5.41) is 4.49. The number of nitrogens with zero attached hydrogens (tertiary/aromatic N) is 6. The largest absolute Gasteiger partial charge is 0.480 e. The number of methoxy groups -OCH3 is 2. The highest BCUT2D eigenvalue weighted by molar-refractivity contribution is 7.18. The van der Waals surface area contributed by atoms with Crippen LogP contribution in [-0.2, 0) is 11.3 Å². The van der Waals surface area contributed by atoms with E-state index in [1.807, 2.05) is 0 Å². The maximum Gasteiger partial charge on any atom is 0.319 e. The van der Waals surface area contributed by atoms with Gasteiger partial charge in [0, 0.05) is 56.9 Å². The van der Waals surface area contributed by atoms with Gasteiger partial charge in [-0.15, -0.1) is 11.3 Å². The Bertz CT molecular complexity index is 1080. The maximum atomic E-state index is 5.57. The van der Waals surface area contributed by atoms with Crippen molar-refractivity contribution in [3.05, 3.63) is 17.1 Å². The Kier molecular flexibility index (Phi) is 6.30. The van der Waals surface area contributed by atoms with Gasteiger partial charge in [-0.05, 0) is 6.07 Å². The first-order valence-electron chi connectivity index (χ1n) is 10.8. The number of nitrogens with one attached hydrogen (secondary N) is 1. The van der Waals surface area contributed by atoms with Crippen LogP contribution in [0.4, 0.5) is 5.82 Å². The van der Waals surface area contributed by atoms with Crippen LogP contribution in [0.3, 0.4) is 0 Å². The molecule has 0 atom stereocenters. The van der Waals surface area contributed by atoms with E-state index in [9.17, 15) is 0 Å². The van der Waals surface area contributed by atoms with Crippen LogP contribution in [0.5, 0.6) is 11.9 Å². The van der Waals surface area contributed by atoms with Gasteiger partial charge in [-0.2, -0.15) is 4.98 Å². The lowest BCUT2D eigenvalue weighted by Gasteiger charge is -2.28. The lowest BCUT2D eigenvalue weighted by atomic mass is 10.2. The van der Waals surface area contributed by atoms with Crippen molar-refractivity contribution in [2.24, 2.45) is 0 Å². The molecule has 0 aliphatic carbocycles. The lowest BCUT2D eigenvalue weighted by molar-refractivity contribution is 0.122. The van der Waals surface area contributed by atoms with Gasteiger partial charge in [-0.1, -0.05) is 0 Å². The first-order chi connectivity index (χ1) is 15.7. The zero-order valence-corrected chi connectivity index (χ0v) is 19.2. The van der Waals surface area contributed by atoms with Crippen molar-refractivity contribution in [2.45, 2.75) is 6.54 Å². The second-order valence-corrected chi connectivity index (χ2v) is 8.82. The number of fused-ring (bicyclic) bond motifs is 1. The van der Waals surface area contributed by atoms with E-state index in [0.29, 0.717) is 30.5 Å². The normalized spacial score (nSPS) is 17.6. The molecule has 5 rings (SSSR count). The number of aromatic nitrogens is 4. The quantitative estimate of drug-likeness (QED) is 0.585. The lowest BCUT2D eigenvalue weighted by Crippen LogP contribution is -2.42. The van der Waals surface area contributed by atoms with Crippen LogP contribution in [0.15, 0.2) is 12.3 Å². The van der Waals surface area contributed by atoms with Crippen molar-refractivity contribution in [2.75, 3.05) is 71.6 Å². The molecule has 2 fully saturated rings. The van der Waals surface area contributed by atoms with E-state index in [2.05, 4.69) is 31.2 Å². The predicted octanol–water partition coefficient (Wildman–Crippen LogP) is 1.41. The van der Waals surface area contributed by atoms with E-state index in [1.54, 1.807) is 24.6 Å². The highest BCUT2D eigenvalue weighted by Gasteiger charge is 2.23. The molecule has 170 valence electrons. The Balaban J connectivity index is 1.57. The van der Waals surface area contributed by atoms with Gasteiger partial charge in [0.05, 0.1) is 32.8 Å². The first kappa shape index (κ1) is 21.3. The monoisotopic (exact) mass is 457 g/mol. The Hall–Kier alpha value is -2.60. The summed E-state index contributed by atoms with van der Waals surface area (Å²) in [5.41, 5.74) is 0.641. The Morgan fingerprint density at radius 1 is 1.06 bits per heavy atom. The van der Waals surface area contributed by atoms with E-state index >= 15 is 0 Å². The molecule has 2 saturated heterocycles. The Labute approximate surface area is 190 Å². The fourth-order valence-corrected chi connectivity index (χ4v) is 5.08. The SMILES string of the molecule is COc1ncc(-c2nc(N3CCOCC3)c3cc(CN4CCNCC4)sc3n2)c(OC)n1. The molecule has 0 unspecified atom stereocenters. The predicted molar refractivity (Wildman–Crippen MR) is 123 cm³/mol. The number of anilines is 1. The number of hydrogen-bond acceptors (Lipinski definition) is 11. The van der Waals surface area contributed by atoms with E-state index in [-0.39, 0.29) is 6.01 Å². The molecule has 3 aromatic rings. The minimum atomic E-state index is 0.245. The summed E-state index contributed by atoms with van der Waals surface area (Å²) in [4.78, 5) is 25.4. The topological polar surface area (TPSA) is 97.8 Å². The van der Waals surface area contributed by atoms with Crippen LogP contribution >= 0.6 is 11.3 Å². The van der Waals surface area contributed by atoms with Crippen molar-refractivity contribution < 1.29 is 14.2 Å². The molecular weight excluding hydrogens is 430 g/mol. The minimum Gasteiger partial charge on any atom is -0.480 e. The van der Waals surface area contributed by atoms with E-state index < -0.39 is 0 Å². The second kappa shape index (κ2) is 9.49. The Morgan fingerprint density at radius 2 is 1.88 bits per heavy atom. The summed E-state index contributed by atoms with van der Waals surface area (Å²) in [6.45, 7) is 8.08. The molecule has 10 nitrogen and oxygen atoms in total. The highest BCUT2D eigenvalue weighted by Crippen LogP contribution is 2.36. The summed E-state index contributed by atoms with van der Waals surface area (Å²) in [5.74, 6) is 1.87. The fourth-order valence-electron chi connectivity index (χ4n) is 4.02. The van der Waals surface area contributed by atoms with Crippen molar-refractivity contribution in [1.29, 1.82) is 0 Å². The molecule has 0 aromatic carbocycles. The van der Waals surface area contributed by atoms with Crippen molar-refractivity contribution in [3.63, 3.8) is 0 Å². The van der Waals surface area contributed by atoms with Gasteiger partial charge in [-0.3, -0.25) is 4.90 Å². The van der Waals surface area contributed by atoms with Gasteiger partial charge in [0.15, 0.2) is 5.82 Å². The van der Waals surface area contributed by atoms with E-state index in [4.69, 9.17) is 24.2 Å². The summed E-state index contributed by atoms with van der Waals surface area (Å²) in [7, 11) is 3.10. The molecule has 2 aliphatic rings. The van der Waals surface area contributed by atoms with Crippen LogP contribution in [0.25, 0.3) is 21.6 Å².